The zero-order valence-corrected chi connectivity index (χ0v) is 14.0. The van der Waals surface area contributed by atoms with Crippen LogP contribution in [0.15, 0.2) is 41.8 Å². The van der Waals surface area contributed by atoms with Crippen molar-refractivity contribution in [2.45, 2.75) is 23.9 Å². The number of piperazine rings is 1. The van der Waals surface area contributed by atoms with E-state index in [1.165, 1.54) is 23.7 Å². The lowest BCUT2D eigenvalue weighted by molar-refractivity contribution is -0.132. The molecule has 0 bridgehead atoms. The SMILES string of the molecule is C[C@H](Sc1ncn[nH]1)C(=O)N1CCN(Cc2ccccc2)CC1. The Hall–Kier alpha value is -1.86. The smallest absolute Gasteiger partial charge is 0.235 e. The second kappa shape index (κ2) is 7.61. The van der Waals surface area contributed by atoms with Gasteiger partial charge in [-0.1, -0.05) is 42.1 Å². The second-order valence-electron chi connectivity index (χ2n) is 5.64. The number of hydrogen-bond acceptors (Lipinski definition) is 5. The molecule has 1 amide bonds. The van der Waals surface area contributed by atoms with E-state index in [-0.39, 0.29) is 11.2 Å². The highest BCUT2D eigenvalue weighted by atomic mass is 32.2. The molecule has 0 saturated carbocycles. The standard InChI is InChI=1S/C16H21N5OS/c1-13(23-16-17-12-18-19-16)15(22)21-9-7-20(8-10-21)11-14-5-3-2-4-6-14/h2-6,12-13H,7-11H2,1H3,(H,17,18,19)/t13-/m0/s1. The number of nitrogens with one attached hydrogen (secondary N) is 1. The molecule has 23 heavy (non-hydrogen) atoms. The number of aromatic nitrogens is 3. The molecule has 1 aromatic carbocycles. The summed E-state index contributed by atoms with van der Waals surface area (Å²) in [7, 11) is 0. The Morgan fingerprint density at radius 3 is 2.65 bits per heavy atom. The summed E-state index contributed by atoms with van der Waals surface area (Å²) in [4.78, 5) is 20.9. The first-order valence-corrected chi connectivity index (χ1v) is 8.67. The summed E-state index contributed by atoms with van der Waals surface area (Å²) >= 11 is 1.42. The summed E-state index contributed by atoms with van der Waals surface area (Å²) in [6.07, 6.45) is 1.46. The molecule has 1 aliphatic rings. The molecule has 2 aromatic rings. The minimum atomic E-state index is -0.149. The highest BCUT2D eigenvalue weighted by Crippen LogP contribution is 2.21. The van der Waals surface area contributed by atoms with Gasteiger partial charge in [-0.05, 0) is 12.5 Å². The van der Waals surface area contributed by atoms with Crippen LogP contribution in [0.2, 0.25) is 0 Å². The second-order valence-corrected chi connectivity index (χ2v) is 6.97. The number of nitrogens with zero attached hydrogens (tertiary/aromatic N) is 4. The van der Waals surface area contributed by atoms with Crippen LogP contribution in [0.3, 0.4) is 0 Å². The van der Waals surface area contributed by atoms with Crippen LogP contribution >= 0.6 is 11.8 Å². The van der Waals surface area contributed by atoms with E-state index in [0.717, 1.165) is 32.7 Å². The molecule has 2 heterocycles. The summed E-state index contributed by atoms with van der Waals surface area (Å²) in [6, 6.07) is 10.5. The maximum Gasteiger partial charge on any atom is 0.235 e. The molecule has 1 aliphatic heterocycles. The molecule has 6 nitrogen and oxygen atoms in total. The maximum absolute atomic E-state index is 12.5. The van der Waals surface area contributed by atoms with Crippen LogP contribution in [-0.2, 0) is 11.3 Å². The van der Waals surface area contributed by atoms with Gasteiger partial charge in [0.2, 0.25) is 5.91 Å². The van der Waals surface area contributed by atoms with Gasteiger partial charge >= 0.3 is 0 Å². The van der Waals surface area contributed by atoms with Crippen molar-refractivity contribution < 1.29 is 4.79 Å². The van der Waals surface area contributed by atoms with E-state index in [1.54, 1.807) is 0 Å². The molecule has 0 radical (unpaired) electrons. The van der Waals surface area contributed by atoms with Gasteiger partial charge in [0.1, 0.15) is 6.33 Å². The van der Waals surface area contributed by atoms with E-state index in [4.69, 9.17) is 0 Å². The average molecular weight is 331 g/mol. The number of amides is 1. The van der Waals surface area contributed by atoms with Crippen LogP contribution in [0, 0.1) is 0 Å². The zero-order valence-electron chi connectivity index (χ0n) is 13.2. The Bertz CT molecular complexity index is 611. The van der Waals surface area contributed by atoms with Crippen molar-refractivity contribution >= 4 is 17.7 Å². The molecule has 0 unspecified atom stereocenters. The molecular formula is C16H21N5OS. The normalized spacial score (nSPS) is 17.2. The van der Waals surface area contributed by atoms with Crippen LogP contribution in [0.4, 0.5) is 0 Å². The summed E-state index contributed by atoms with van der Waals surface area (Å²) in [5.41, 5.74) is 1.32. The molecule has 7 heteroatoms. The van der Waals surface area contributed by atoms with Crippen molar-refractivity contribution in [3.8, 4) is 0 Å². The van der Waals surface area contributed by atoms with Crippen molar-refractivity contribution in [3.05, 3.63) is 42.2 Å². The third kappa shape index (κ3) is 4.33. The highest BCUT2D eigenvalue weighted by molar-refractivity contribution is 8.00. The van der Waals surface area contributed by atoms with Crippen molar-refractivity contribution in [1.82, 2.24) is 25.0 Å². The first-order chi connectivity index (χ1) is 11.2. The molecule has 3 rings (SSSR count). The average Bonchev–Trinajstić information content (AvgIpc) is 3.09. The number of benzene rings is 1. The van der Waals surface area contributed by atoms with Gasteiger partial charge < -0.3 is 4.90 Å². The van der Waals surface area contributed by atoms with Crippen molar-refractivity contribution in [2.75, 3.05) is 26.2 Å². The topological polar surface area (TPSA) is 65.1 Å². The van der Waals surface area contributed by atoms with Crippen molar-refractivity contribution in [3.63, 3.8) is 0 Å². The minimum Gasteiger partial charge on any atom is -0.339 e. The van der Waals surface area contributed by atoms with Crippen molar-refractivity contribution in [1.29, 1.82) is 0 Å². The summed E-state index contributed by atoms with van der Waals surface area (Å²) < 4.78 is 0. The van der Waals surface area contributed by atoms with Crippen LogP contribution in [0.5, 0.6) is 0 Å². The van der Waals surface area contributed by atoms with E-state index in [0.29, 0.717) is 5.16 Å². The zero-order chi connectivity index (χ0) is 16.1. The monoisotopic (exact) mass is 331 g/mol. The van der Waals surface area contributed by atoms with Gasteiger partial charge in [-0.2, -0.15) is 5.10 Å². The van der Waals surface area contributed by atoms with Crippen LogP contribution in [0.25, 0.3) is 0 Å². The van der Waals surface area contributed by atoms with Gasteiger partial charge in [-0.15, -0.1) is 0 Å². The lowest BCUT2D eigenvalue weighted by Crippen LogP contribution is -2.50. The van der Waals surface area contributed by atoms with Crippen LogP contribution in [-0.4, -0.2) is 62.3 Å². The number of thioether (sulfide) groups is 1. The first kappa shape index (κ1) is 16.0. The number of aromatic amines is 1. The van der Waals surface area contributed by atoms with E-state index in [1.807, 2.05) is 17.9 Å². The Balaban J connectivity index is 1.47. The largest absolute Gasteiger partial charge is 0.339 e. The lowest BCUT2D eigenvalue weighted by atomic mass is 10.2. The van der Waals surface area contributed by atoms with E-state index < -0.39 is 0 Å². The first-order valence-electron chi connectivity index (χ1n) is 7.79. The number of H-pyrrole nitrogens is 1. The Morgan fingerprint density at radius 1 is 1.26 bits per heavy atom. The number of rotatable bonds is 5. The maximum atomic E-state index is 12.5. The molecule has 1 fully saturated rings. The third-order valence-electron chi connectivity index (χ3n) is 3.96. The van der Waals surface area contributed by atoms with Crippen LogP contribution < -0.4 is 0 Å². The van der Waals surface area contributed by atoms with Gasteiger partial charge in [0.05, 0.1) is 5.25 Å². The minimum absolute atomic E-state index is 0.149. The summed E-state index contributed by atoms with van der Waals surface area (Å²) in [6.45, 7) is 6.28. The Kier molecular flexibility index (Phi) is 5.30. The van der Waals surface area contributed by atoms with Gasteiger partial charge in [0.25, 0.3) is 0 Å². The predicted octanol–water partition coefficient (Wildman–Crippen LogP) is 1.63. The molecule has 0 aliphatic carbocycles. The van der Waals surface area contributed by atoms with E-state index >= 15 is 0 Å². The molecule has 1 atom stereocenters. The Labute approximate surface area is 140 Å². The van der Waals surface area contributed by atoms with Gasteiger partial charge in [-0.25, -0.2) is 4.98 Å². The molecule has 1 aromatic heterocycles. The number of carbonyl (C=O) groups excluding carboxylic acids is 1. The van der Waals surface area contributed by atoms with Gasteiger partial charge in [-0.3, -0.25) is 14.8 Å². The Morgan fingerprint density at radius 2 is 2.00 bits per heavy atom. The predicted molar refractivity (Wildman–Crippen MR) is 90.0 cm³/mol. The van der Waals surface area contributed by atoms with Gasteiger partial charge in [0.15, 0.2) is 5.16 Å². The molecule has 1 saturated heterocycles. The molecular weight excluding hydrogens is 310 g/mol. The summed E-state index contributed by atoms with van der Waals surface area (Å²) in [5, 5.41) is 7.13. The third-order valence-corrected chi connectivity index (χ3v) is 4.94. The molecule has 0 spiro atoms. The number of carbonyl (C=O) groups is 1. The van der Waals surface area contributed by atoms with E-state index in [2.05, 4.69) is 44.3 Å². The fraction of sp³-hybridized carbons (Fsp3) is 0.438. The van der Waals surface area contributed by atoms with Crippen molar-refractivity contribution in [2.24, 2.45) is 0 Å². The highest BCUT2D eigenvalue weighted by Gasteiger charge is 2.26. The number of hydrogen-bond donors (Lipinski definition) is 1. The fourth-order valence-electron chi connectivity index (χ4n) is 2.69. The van der Waals surface area contributed by atoms with Crippen LogP contribution in [0.1, 0.15) is 12.5 Å². The molecule has 122 valence electrons. The molecule has 1 N–H and O–H groups in total. The van der Waals surface area contributed by atoms with Gasteiger partial charge in [0, 0.05) is 32.7 Å². The quantitative estimate of drug-likeness (QED) is 0.844. The van der Waals surface area contributed by atoms with E-state index in [9.17, 15) is 4.79 Å². The fourth-order valence-corrected chi connectivity index (χ4v) is 3.49. The summed E-state index contributed by atoms with van der Waals surface area (Å²) in [5.74, 6) is 0.172. The lowest BCUT2D eigenvalue weighted by Gasteiger charge is -2.35.